The predicted molar refractivity (Wildman–Crippen MR) is 64.8 cm³/mol. The molecule has 0 aromatic heterocycles. The molecule has 0 aliphatic carbocycles. The second-order valence-electron chi connectivity index (χ2n) is 3.23. The molecule has 5 heteroatoms. The van der Waals surface area contributed by atoms with Crippen molar-refractivity contribution in [2.75, 3.05) is 18.0 Å². The fraction of sp³-hybridized carbons (Fsp3) is 0.167. The molecule has 1 aromatic rings. The Kier molecular flexibility index (Phi) is 4.39. The monoisotopic (exact) mass is 248 g/mol. The van der Waals surface area contributed by atoms with Crippen LogP contribution in [0.25, 0.3) is 0 Å². The summed E-state index contributed by atoms with van der Waals surface area (Å²) in [5.74, 6) is 1.39. The van der Waals surface area contributed by atoms with Crippen molar-refractivity contribution < 1.29 is 9.90 Å². The number of carboxylic acids is 1. The van der Waals surface area contributed by atoms with E-state index in [-0.39, 0.29) is 18.1 Å². The third kappa shape index (κ3) is 3.41. The van der Waals surface area contributed by atoms with Crippen molar-refractivity contribution in [3.05, 3.63) is 28.8 Å². The molecular formula is C12H9ClN2O2. The smallest absolute Gasteiger partial charge is 0.323 e. The van der Waals surface area contributed by atoms with Gasteiger partial charge in [0.25, 0.3) is 0 Å². The number of hydrogen-bond donors (Lipinski definition) is 1. The van der Waals surface area contributed by atoms with E-state index in [9.17, 15) is 4.79 Å². The lowest BCUT2D eigenvalue weighted by molar-refractivity contribution is -0.135. The van der Waals surface area contributed by atoms with Gasteiger partial charge in [0, 0.05) is 5.69 Å². The molecule has 86 valence electrons. The SMILES string of the molecule is C#CCN(CC(=O)O)c1ccc(C#N)c(Cl)c1. The highest BCUT2D eigenvalue weighted by Crippen LogP contribution is 2.23. The number of benzene rings is 1. The number of anilines is 1. The third-order valence-electron chi connectivity index (χ3n) is 2.05. The van der Waals surface area contributed by atoms with Crippen molar-refractivity contribution in [3.63, 3.8) is 0 Å². The Morgan fingerprint density at radius 1 is 1.59 bits per heavy atom. The van der Waals surface area contributed by atoms with Crippen molar-refractivity contribution in [1.29, 1.82) is 5.26 Å². The molecule has 0 aliphatic rings. The molecule has 0 atom stereocenters. The lowest BCUT2D eigenvalue weighted by Gasteiger charge is -2.20. The van der Waals surface area contributed by atoms with Crippen LogP contribution in [0.2, 0.25) is 5.02 Å². The molecule has 0 amide bonds. The molecule has 17 heavy (non-hydrogen) atoms. The van der Waals surface area contributed by atoms with Crippen LogP contribution in [0.5, 0.6) is 0 Å². The summed E-state index contributed by atoms with van der Waals surface area (Å²) in [6.45, 7) is -0.0546. The fourth-order valence-electron chi connectivity index (χ4n) is 1.30. The Labute approximate surface area is 104 Å². The normalized spacial score (nSPS) is 9.12. The zero-order valence-electron chi connectivity index (χ0n) is 8.85. The fourth-order valence-corrected chi connectivity index (χ4v) is 1.52. The maximum atomic E-state index is 10.7. The maximum absolute atomic E-state index is 10.7. The first-order valence-electron chi connectivity index (χ1n) is 4.68. The number of carboxylic acid groups (broad SMARTS) is 1. The Balaban J connectivity index is 3.03. The molecule has 0 saturated heterocycles. The first-order valence-corrected chi connectivity index (χ1v) is 5.06. The number of terminal acetylenes is 1. The molecule has 1 N–H and O–H groups in total. The largest absolute Gasteiger partial charge is 0.480 e. The number of halogens is 1. The highest BCUT2D eigenvalue weighted by atomic mass is 35.5. The molecule has 0 radical (unpaired) electrons. The van der Waals surface area contributed by atoms with Crippen LogP contribution in [-0.2, 0) is 4.79 Å². The lowest BCUT2D eigenvalue weighted by Crippen LogP contribution is -2.29. The number of carbonyl (C=O) groups is 1. The van der Waals surface area contributed by atoms with Crippen LogP contribution >= 0.6 is 11.6 Å². The summed E-state index contributed by atoms with van der Waals surface area (Å²) >= 11 is 5.86. The van der Waals surface area contributed by atoms with Gasteiger partial charge >= 0.3 is 5.97 Å². The molecule has 0 aliphatic heterocycles. The van der Waals surface area contributed by atoms with Gasteiger partial charge in [0.05, 0.1) is 17.1 Å². The van der Waals surface area contributed by atoms with E-state index < -0.39 is 5.97 Å². The van der Waals surface area contributed by atoms with Crippen LogP contribution in [0, 0.1) is 23.7 Å². The number of aliphatic carboxylic acids is 1. The van der Waals surface area contributed by atoms with Gasteiger partial charge in [-0.25, -0.2) is 0 Å². The lowest BCUT2D eigenvalue weighted by atomic mass is 10.2. The summed E-state index contributed by atoms with van der Waals surface area (Å²) in [6.07, 6.45) is 5.17. The predicted octanol–water partition coefficient (Wildman–Crippen LogP) is 1.74. The van der Waals surface area contributed by atoms with E-state index in [2.05, 4.69) is 5.92 Å². The molecule has 1 rings (SSSR count). The summed E-state index contributed by atoms with van der Waals surface area (Å²) in [5.41, 5.74) is 0.917. The van der Waals surface area contributed by atoms with Gasteiger partial charge < -0.3 is 10.0 Å². The van der Waals surface area contributed by atoms with Crippen LogP contribution in [0.4, 0.5) is 5.69 Å². The van der Waals surface area contributed by atoms with E-state index in [1.54, 1.807) is 6.07 Å². The van der Waals surface area contributed by atoms with Gasteiger partial charge in [0.1, 0.15) is 12.6 Å². The van der Waals surface area contributed by atoms with Crippen molar-refractivity contribution in [1.82, 2.24) is 0 Å². The standard InChI is InChI=1S/C12H9ClN2O2/c1-2-5-15(8-12(16)17)10-4-3-9(7-14)11(13)6-10/h1,3-4,6H,5,8H2,(H,16,17). The minimum atomic E-state index is -0.985. The quantitative estimate of drug-likeness (QED) is 0.825. The highest BCUT2D eigenvalue weighted by molar-refractivity contribution is 6.32. The molecule has 0 bridgehead atoms. The minimum absolute atomic E-state index is 0.161. The van der Waals surface area contributed by atoms with Crippen molar-refractivity contribution in [2.24, 2.45) is 0 Å². The first-order chi connectivity index (χ1) is 8.08. The Bertz CT molecular complexity index is 514. The van der Waals surface area contributed by atoms with E-state index in [1.165, 1.54) is 17.0 Å². The zero-order valence-corrected chi connectivity index (χ0v) is 9.61. The van der Waals surface area contributed by atoms with Gasteiger partial charge in [0.15, 0.2) is 0 Å². The molecule has 0 spiro atoms. The highest BCUT2D eigenvalue weighted by Gasteiger charge is 2.11. The van der Waals surface area contributed by atoms with E-state index in [4.69, 9.17) is 28.4 Å². The molecule has 0 unspecified atom stereocenters. The van der Waals surface area contributed by atoms with E-state index >= 15 is 0 Å². The average Bonchev–Trinajstić information content (AvgIpc) is 2.28. The van der Waals surface area contributed by atoms with E-state index in [1.807, 2.05) is 6.07 Å². The molecule has 1 aromatic carbocycles. The van der Waals surface area contributed by atoms with Crippen molar-refractivity contribution in [2.45, 2.75) is 0 Å². The summed E-state index contributed by atoms with van der Waals surface area (Å²) in [4.78, 5) is 12.2. The van der Waals surface area contributed by atoms with Crippen LogP contribution < -0.4 is 4.90 Å². The molecule has 0 fully saturated rings. The van der Waals surface area contributed by atoms with Crippen LogP contribution in [-0.4, -0.2) is 24.2 Å². The second kappa shape index (κ2) is 5.79. The molecular weight excluding hydrogens is 240 g/mol. The topological polar surface area (TPSA) is 64.3 Å². The zero-order chi connectivity index (χ0) is 12.8. The van der Waals surface area contributed by atoms with Crippen LogP contribution in [0.15, 0.2) is 18.2 Å². The van der Waals surface area contributed by atoms with Gasteiger partial charge in [-0.05, 0) is 18.2 Å². The number of hydrogen-bond acceptors (Lipinski definition) is 3. The molecule has 0 heterocycles. The maximum Gasteiger partial charge on any atom is 0.323 e. The van der Waals surface area contributed by atoms with Gasteiger partial charge in [-0.2, -0.15) is 5.26 Å². The Morgan fingerprint density at radius 3 is 2.76 bits per heavy atom. The summed E-state index contributed by atoms with van der Waals surface area (Å²) in [6, 6.07) is 6.60. The number of nitrogens with zero attached hydrogens (tertiary/aromatic N) is 2. The molecule has 0 saturated carbocycles. The van der Waals surface area contributed by atoms with Crippen LogP contribution in [0.1, 0.15) is 5.56 Å². The Hall–Kier alpha value is -2.17. The third-order valence-corrected chi connectivity index (χ3v) is 2.36. The van der Waals surface area contributed by atoms with Gasteiger partial charge in [-0.1, -0.05) is 17.5 Å². The number of rotatable bonds is 4. The van der Waals surface area contributed by atoms with E-state index in [0.717, 1.165) is 0 Å². The van der Waals surface area contributed by atoms with Gasteiger partial charge in [-0.15, -0.1) is 6.42 Å². The second-order valence-corrected chi connectivity index (χ2v) is 3.64. The number of nitriles is 1. The minimum Gasteiger partial charge on any atom is -0.480 e. The van der Waals surface area contributed by atoms with Gasteiger partial charge in [-0.3, -0.25) is 4.79 Å². The molecule has 4 nitrogen and oxygen atoms in total. The van der Waals surface area contributed by atoms with Crippen LogP contribution in [0.3, 0.4) is 0 Å². The van der Waals surface area contributed by atoms with E-state index in [0.29, 0.717) is 11.3 Å². The Morgan fingerprint density at radius 2 is 2.29 bits per heavy atom. The average molecular weight is 249 g/mol. The summed E-state index contributed by atoms with van der Waals surface area (Å²) in [5, 5.41) is 17.7. The van der Waals surface area contributed by atoms with Gasteiger partial charge in [0.2, 0.25) is 0 Å². The summed E-state index contributed by atoms with van der Waals surface area (Å²) < 4.78 is 0. The first kappa shape index (κ1) is 12.9. The summed E-state index contributed by atoms with van der Waals surface area (Å²) in [7, 11) is 0. The van der Waals surface area contributed by atoms with Crippen molar-refractivity contribution in [3.8, 4) is 18.4 Å². The van der Waals surface area contributed by atoms with Crippen molar-refractivity contribution >= 4 is 23.3 Å².